The van der Waals surface area contributed by atoms with E-state index in [0.717, 1.165) is 11.6 Å². The lowest BCUT2D eigenvalue weighted by Crippen LogP contribution is -2.29. The number of anilines is 1. The first kappa shape index (κ1) is 24.5. The van der Waals surface area contributed by atoms with E-state index in [9.17, 15) is 19.1 Å². The molecule has 1 heterocycles. The van der Waals surface area contributed by atoms with Crippen LogP contribution in [0.25, 0.3) is 5.76 Å². The Morgan fingerprint density at radius 2 is 1.80 bits per heavy atom. The second-order valence-corrected chi connectivity index (χ2v) is 9.27. The number of carbonyl (C=O) groups excluding carboxylic acids is 2. The molecule has 5 nitrogen and oxygen atoms in total. The third-order valence-electron chi connectivity index (χ3n) is 5.76. The number of ether oxygens (including phenoxy) is 1. The average molecular weight is 494 g/mol. The van der Waals surface area contributed by atoms with E-state index in [0.29, 0.717) is 29.4 Å². The molecule has 3 aromatic carbocycles. The number of aryl methyl sites for hydroxylation is 1. The fraction of sp³-hybridized carbons (Fsp3) is 0.214. The van der Waals surface area contributed by atoms with Crippen LogP contribution < -0.4 is 9.64 Å². The fourth-order valence-electron chi connectivity index (χ4n) is 4.06. The van der Waals surface area contributed by atoms with Gasteiger partial charge in [-0.05, 0) is 60.4 Å². The highest BCUT2D eigenvalue weighted by molar-refractivity contribution is 6.51. The molecule has 0 spiro atoms. The molecule has 1 aliphatic rings. The number of halogens is 2. The number of ketones is 1. The second kappa shape index (κ2) is 9.92. The largest absolute Gasteiger partial charge is 0.507 e. The summed E-state index contributed by atoms with van der Waals surface area (Å²) in [5.41, 5.74) is 1.97. The van der Waals surface area contributed by atoms with Crippen molar-refractivity contribution < 1.29 is 23.8 Å². The van der Waals surface area contributed by atoms with Crippen LogP contribution in [0.3, 0.4) is 0 Å². The van der Waals surface area contributed by atoms with E-state index in [1.165, 1.54) is 17.0 Å². The van der Waals surface area contributed by atoms with Crippen molar-refractivity contribution in [2.45, 2.75) is 26.8 Å². The third kappa shape index (κ3) is 4.80. The number of hydrogen-bond donors (Lipinski definition) is 1. The van der Waals surface area contributed by atoms with Gasteiger partial charge in [-0.1, -0.05) is 55.8 Å². The topological polar surface area (TPSA) is 66.8 Å². The Morgan fingerprint density at radius 1 is 1.09 bits per heavy atom. The van der Waals surface area contributed by atoms with E-state index in [-0.39, 0.29) is 22.0 Å². The molecular weight excluding hydrogens is 469 g/mol. The van der Waals surface area contributed by atoms with Crippen molar-refractivity contribution in [1.29, 1.82) is 0 Å². The minimum atomic E-state index is -0.921. The molecule has 1 aliphatic heterocycles. The van der Waals surface area contributed by atoms with Gasteiger partial charge in [-0.3, -0.25) is 14.5 Å². The van der Waals surface area contributed by atoms with Crippen LogP contribution in [0.1, 0.15) is 36.6 Å². The summed E-state index contributed by atoms with van der Waals surface area (Å²) >= 11 is 5.97. The quantitative estimate of drug-likeness (QED) is 0.243. The zero-order valence-electron chi connectivity index (χ0n) is 19.6. The second-order valence-electron chi connectivity index (χ2n) is 8.86. The lowest BCUT2D eigenvalue weighted by molar-refractivity contribution is -0.132. The van der Waals surface area contributed by atoms with Crippen molar-refractivity contribution in [3.63, 3.8) is 0 Å². The van der Waals surface area contributed by atoms with Crippen molar-refractivity contribution >= 4 is 34.7 Å². The van der Waals surface area contributed by atoms with E-state index < -0.39 is 23.5 Å². The number of nitrogens with zero attached hydrogens (tertiary/aromatic N) is 1. The highest BCUT2D eigenvalue weighted by atomic mass is 35.5. The zero-order chi connectivity index (χ0) is 25.3. The molecule has 1 saturated heterocycles. The monoisotopic (exact) mass is 493 g/mol. The molecule has 1 fully saturated rings. The lowest BCUT2D eigenvalue weighted by Gasteiger charge is -2.25. The Balaban J connectivity index is 1.84. The first-order valence-electron chi connectivity index (χ1n) is 11.2. The van der Waals surface area contributed by atoms with Crippen LogP contribution in [0.4, 0.5) is 10.1 Å². The van der Waals surface area contributed by atoms with Gasteiger partial charge in [-0.25, -0.2) is 4.39 Å². The first-order chi connectivity index (χ1) is 16.7. The number of amides is 1. The van der Waals surface area contributed by atoms with E-state index in [2.05, 4.69) is 0 Å². The van der Waals surface area contributed by atoms with Crippen molar-refractivity contribution in [2.24, 2.45) is 5.92 Å². The summed E-state index contributed by atoms with van der Waals surface area (Å²) < 4.78 is 19.6. The molecule has 1 unspecified atom stereocenters. The van der Waals surface area contributed by atoms with Crippen LogP contribution in [0.2, 0.25) is 5.02 Å². The Bertz CT molecular complexity index is 1320. The molecule has 35 heavy (non-hydrogen) atoms. The standard InChI is InChI=1S/C28H25ClFNO4/c1-16(2)15-35-23-12-9-19(13-17(23)3)26(32)24-25(18-7-5-4-6-8-18)31(28(34)27(24)33)20-10-11-22(30)21(29)14-20/h4-14,16,25,32H,15H2,1-3H3/b26-24+. The maximum atomic E-state index is 13.8. The normalized spacial score (nSPS) is 17.3. The van der Waals surface area contributed by atoms with Crippen molar-refractivity contribution in [2.75, 3.05) is 11.5 Å². The first-order valence-corrected chi connectivity index (χ1v) is 11.6. The molecule has 0 bridgehead atoms. The molecule has 1 N–H and O–H groups in total. The van der Waals surface area contributed by atoms with Gasteiger partial charge in [-0.2, -0.15) is 0 Å². The summed E-state index contributed by atoms with van der Waals surface area (Å²) in [5.74, 6) is -1.59. The minimum absolute atomic E-state index is 0.0584. The third-order valence-corrected chi connectivity index (χ3v) is 6.05. The summed E-state index contributed by atoms with van der Waals surface area (Å²) in [7, 11) is 0. The number of Topliss-reactive ketones (excluding diaryl/α,β-unsaturated/α-hetero) is 1. The van der Waals surface area contributed by atoms with Crippen LogP contribution >= 0.6 is 11.6 Å². The molecule has 0 radical (unpaired) electrons. The van der Waals surface area contributed by atoms with Crippen LogP contribution in [0, 0.1) is 18.7 Å². The van der Waals surface area contributed by atoms with Crippen LogP contribution in [0.5, 0.6) is 5.75 Å². The van der Waals surface area contributed by atoms with Gasteiger partial charge in [-0.15, -0.1) is 0 Å². The molecule has 0 saturated carbocycles. The highest BCUT2D eigenvalue weighted by Crippen LogP contribution is 2.43. The molecular formula is C28H25ClFNO4. The fourth-order valence-corrected chi connectivity index (χ4v) is 4.23. The summed E-state index contributed by atoms with van der Waals surface area (Å²) in [6, 6.07) is 16.9. The Hall–Kier alpha value is -3.64. The average Bonchev–Trinajstić information content (AvgIpc) is 3.10. The van der Waals surface area contributed by atoms with Gasteiger partial charge < -0.3 is 9.84 Å². The summed E-state index contributed by atoms with van der Waals surface area (Å²) in [6.45, 7) is 6.49. The number of carbonyl (C=O) groups is 2. The predicted molar refractivity (Wildman–Crippen MR) is 134 cm³/mol. The van der Waals surface area contributed by atoms with Crippen LogP contribution in [-0.2, 0) is 9.59 Å². The van der Waals surface area contributed by atoms with Crippen LogP contribution in [-0.4, -0.2) is 23.4 Å². The van der Waals surface area contributed by atoms with Crippen molar-refractivity contribution in [3.05, 3.63) is 99.8 Å². The minimum Gasteiger partial charge on any atom is -0.507 e. The molecule has 4 rings (SSSR count). The lowest BCUT2D eigenvalue weighted by atomic mass is 9.94. The number of benzene rings is 3. The van der Waals surface area contributed by atoms with Gasteiger partial charge in [0.05, 0.1) is 23.2 Å². The van der Waals surface area contributed by atoms with Gasteiger partial charge in [0.1, 0.15) is 17.3 Å². The molecule has 3 aromatic rings. The summed E-state index contributed by atoms with van der Waals surface area (Å²) in [6.07, 6.45) is 0. The van der Waals surface area contributed by atoms with E-state index in [1.807, 2.05) is 26.8 Å². The smallest absolute Gasteiger partial charge is 0.300 e. The SMILES string of the molecule is Cc1cc(/C(O)=C2\C(=O)C(=O)N(c3ccc(F)c(Cl)c3)C2c2ccccc2)ccc1OCC(C)C. The van der Waals surface area contributed by atoms with Crippen molar-refractivity contribution in [1.82, 2.24) is 0 Å². The van der Waals surface area contributed by atoms with Gasteiger partial charge >= 0.3 is 0 Å². The molecule has 1 atom stereocenters. The molecule has 7 heteroatoms. The van der Waals surface area contributed by atoms with E-state index in [4.69, 9.17) is 16.3 Å². The number of aliphatic hydroxyl groups excluding tert-OH is 1. The Labute approximate surface area is 208 Å². The Kier molecular flexibility index (Phi) is 6.94. The predicted octanol–water partition coefficient (Wildman–Crippen LogP) is 6.45. The molecule has 1 amide bonds. The highest BCUT2D eigenvalue weighted by Gasteiger charge is 2.47. The molecule has 0 aliphatic carbocycles. The number of hydrogen-bond acceptors (Lipinski definition) is 4. The summed E-state index contributed by atoms with van der Waals surface area (Å²) in [5, 5.41) is 11.1. The molecule has 180 valence electrons. The summed E-state index contributed by atoms with van der Waals surface area (Å²) in [4.78, 5) is 27.6. The van der Waals surface area contributed by atoms with E-state index >= 15 is 0 Å². The number of aliphatic hydroxyl groups is 1. The van der Waals surface area contributed by atoms with E-state index in [1.54, 1.807) is 42.5 Å². The zero-order valence-corrected chi connectivity index (χ0v) is 20.3. The van der Waals surface area contributed by atoms with Crippen molar-refractivity contribution in [3.8, 4) is 5.75 Å². The van der Waals surface area contributed by atoms with Gasteiger partial charge in [0.15, 0.2) is 0 Å². The van der Waals surface area contributed by atoms with Gasteiger partial charge in [0.25, 0.3) is 11.7 Å². The van der Waals surface area contributed by atoms with Crippen LogP contribution in [0.15, 0.2) is 72.3 Å². The van der Waals surface area contributed by atoms with Gasteiger partial charge in [0, 0.05) is 11.3 Å². The van der Waals surface area contributed by atoms with Gasteiger partial charge in [0.2, 0.25) is 0 Å². The molecule has 0 aromatic heterocycles. The Morgan fingerprint density at radius 3 is 2.43 bits per heavy atom. The maximum Gasteiger partial charge on any atom is 0.300 e. The maximum absolute atomic E-state index is 13.8. The number of rotatable bonds is 6.